The highest BCUT2D eigenvalue weighted by Crippen LogP contribution is 2.15. The fourth-order valence-electron chi connectivity index (χ4n) is 1.06. The number of phenols is 1. The number of aromatic hydroxyl groups is 1. The molecule has 1 aromatic rings. The normalized spacial score (nSPS) is 9.50. The lowest BCUT2D eigenvalue weighted by molar-refractivity contribution is -0.115. The predicted octanol–water partition coefficient (Wildman–Crippen LogP) is 2.30. The molecule has 0 heterocycles. The number of carbonyl (C=O) groups is 1. The number of amides is 1. The number of anilines is 1. The van der Waals surface area contributed by atoms with Gasteiger partial charge in [-0.3, -0.25) is 4.79 Å². The van der Waals surface area contributed by atoms with Crippen LogP contribution in [0, 0.1) is 0 Å². The standard InChI is InChI=1S/C11H13NO2/c1-8(2)6-11(14)12-9-4-3-5-10(13)7-9/h3-5,7,13H,1,6H2,2H3,(H,12,14). The Morgan fingerprint density at radius 1 is 1.57 bits per heavy atom. The average Bonchev–Trinajstić information content (AvgIpc) is 2.01. The molecule has 0 atom stereocenters. The molecule has 0 unspecified atom stereocenters. The maximum Gasteiger partial charge on any atom is 0.228 e. The summed E-state index contributed by atoms with van der Waals surface area (Å²) in [5.74, 6) is 0.0150. The van der Waals surface area contributed by atoms with E-state index < -0.39 is 0 Å². The third kappa shape index (κ3) is 3.31. The number of rotatable bonds is 3. The van der Waals surface area contributed by atoms with Crippen LogP contribution in [-0.2, 0) is 4.79 Å². The fraction of sp³-hybridized carbons (Fsp3) is 0.182. The van der Waals surface area contributed by atoms with Crippen LogP contribution >= 0.6 is 0 Å². The molecule has 0 aromatic heterocycles. The molecule has 0 aliphatic carbocycles. The van der Waals surface area contributed by atoms with Gasteiger partial charge in [-0.2, -0.15) is 0 Å². The van der Waals surface area contributed by atoms with Gasteiger partial charge in [0.25, 0.3) is 0 Å². The molecule has 1 amide bonds. The minimum Gasteiger partial charge on any atom is -0.508 e. The molecule has 74 valence electrons. The van der Waals surface area contributed by atoms with E-state index in [1.165, 1.54) is 6.07 Å². The van der Waals surface area contributed by atoms with Gasteiger partial charge < -0.3 is 10.4 Å². The van der Waals surface area contributed by atoms with Crippen LogP contribution in [0.15, 0.2) is 36.4 Å². The smallest absolute Gasteiger partial charge is 0.228 e. The number of carbonyl (C=O) groups excluding carboxylic acids is 1. The van der Waals surface area contributed by atoms with Gasteiger partial charge >= 0.3 is 0 Å². The molecular formula is C11H13NO2. The largest absolute Gasteiger partial charge is 0.508 e. The maximum atomic E-state index is 11.3. The highest BCUT2D eigenvalue weighted by molar-refractivity contribution is 5.92. The van der Waals surface area contributed by atoms with Crippen molar-refractivity contribution < 1.29 is 9.90 Å². The summed E-state index contributed by atoms with van der Waals surface area (Å²) in [6.07, 6.45) is 0.301. The second kappa shape index (κ2) is 4.46. The van der Waals surface area contributed by atoms with Crippen LogP contribution in [0.5, 0.6) is 5.75 Å². The number of benzene rings is 1. The summed E-state index contributed by atoms with van der Waals surface area (Å²) in [4.78, 5) is 11.3. The van der Waals surface area contributed by atoms with E-state index in [1.54, 1.807) is 25.1 Å². The lowest BCUT2D eigenvalue weighted by Gasteiger charge is -2.04. The highest BCUT2D eigenvalue weighted by atomic mass is 16.3. The third-order valence-electron chi connectivity index (χ3n) is 1.59. The monoisotopic (exact) mass is 191 g/mol. The van der Waals surface area contributed by atoms with E-state index >= 15 is 0 Å². The Labute approximate surface area is 83.1 Å². The van der Waals surface area contributed by atoms with Crippen LogP contribution in [0.2, 0.25) is 0 Å². The fourth-order valence-corrected chi connectivity index (χ4v) is 1.06. The summed E-state index contributed by atoms with van der Waals surface area (Å²) in [5.41, 5.74) is 1.40. The van der Waals surface area contributed by atoms with Crippen LogP contribution in [0.25, 0.3) is 0 Å². The zero-order valence-corrected chi connectivity index (χ0v) is 8.08. The van der Waals surface area contributed by atoms with Gasteiger partial charge in [-0.15, -0.1) is 0 Å². The Morgan fingerprint density at radius 3 is 2.86 bits per heavy atom. The molecule has 1 rings (SSSR count). The molecule has 14 heavy (non-hydrogen) atoms. The minimum atomic E-state index is -0.122. The van der Waals surface area contributed by atoms with Crippen molar-refractivity contribution in [2.75, 3.05) is 5.32 Å². The molecule has 0 fully saturated rings. The number of nitrogens with one attached hydrogen (secondary N) is 1. The van der Waals surface area contributed by atoms with Crippen molar-refractivity contribution >= 4 is 11.6 Å². The predicted molar refractivity (Wildman–Crippen MR) is 56.2 cm³/mol. The second-order valence-electron chi connectivity index (χ2n) is 3.23. The van der Waals surface area contributed by atoms with Gasteiger partial charge in [0.05, 0.1) is 0 Å². The van der Waals surface area contributed by atoms with E-state index in [2.05, 4.69) is 11.9 Å². The van der Waals surface area contributed by atoms with Crippen LogP contribution in [-0.4, -0.2) is 11.0 Å². The Morgan fingerprint density at radius 2 is 2.29 bits per heavy atom. The summed E-state index contributed by atoms with van der Waals surface area (Å²) in [6, 6.07) is 6.44. The van der Waals surface area contributed by atoms with Gasteiger partial charge in [0.15, 0.2) is 0 Å². The number of hydrogen-bond acceptors (Lipinski definition) is 2. The van der Waals surface area contributed by atoms with Crippen LogP contribution in [0.3, 0.4) is 0 Å². The van der Waals surface area contributed by atoms with Crippen LogP contribution in [0.4, 0.5) is 5.69 Å². The van der Waals surface area contributed by atoms with Crippen molar-refractivity contribution in [3.05, 3.63) is 36.4 Å². The first-order chi connectivity index (χ1) is 6.58. The summed E-state index contributed by atoms with van der Waals surface area (Å²) < 4.78 is 0. The first kappa shape index (κ1) is 10.3. The molecule has 3 nitrogen and oxygen atoms in total. The van der Waals surface area contributed by atoms with Gasteiger partial charge in [-0.25, -0.2) is 0 Å². The lowest BCUT2D eigenvalue weighted by Crippen LogP contribution is -2.11. The number of phenolic OH excluding ortho intramolecular Hbond substituents is 1. The van der Waals surface area contributed by atoms with Gasteiger partial charge in [0.2, 0.25) is 5.91 Å². The Hall–Kier alpha value is -1.77. The van der Waals surface area contributed by atoms with Gasteiger partial charge in [-0.05, 0) is 19.1 Å². The molecular weight excluding hydrogens is 178 g/mol. The topological polar surface area (TPSA) is 49.3 Å². The Kier molecular flexibility index (Phi) is 3.29. The molecule has 1 aromatic carbocycles. The van der Waals surface area contributed by atoms with Gasteiger partial charge in [-0.1, -0.05) is 18.2 Å². The first-order valence-corrected chi connectivity index (χ1v) is 4.31. The summed E-state index contributed by atoms with van der Waals surface area (Å²) in [7, 11) is 0. The molecule has 0 bridgehead atoms. The molecule has 0 saturated carbocycles. The quantitative estimate of drug-likeness (QED) is 0.720. The van der Waals surface area contributed by atoms with E-state index in [0.29, 0.717) is 12.1 Å². The van der Waals surface area contributed by atoms with Gasteiger partial charge in [0, 0.05) is 18.2 Å². The third-order valence-corrected chi connectivity index (χ3v) is 1.59. The lowest BCUT2D eigenvalue weighted by atomic mass is 10.2. The van der Waals surface area contributed by atoms with Crippen molar-refractivity contribution in [3.63, 3.8) is 0 Å². The molecule has 3 heteroatoms. The SMILES string of the molecule is C=C(C)CC(=O)Nc1cccc(O)c1. The van der Waals surface area contributed by atoms with E-state index in [0.717, 1.165) is 5.57 Å². The zero-order valence-electron chi connectivity index (χ0n) is 8.08. The van der Waals surface area contributed by atoms with Crippen LogP contribution < -0.4 is 5.32 Å². The van der Waals surface area contributed by atoms with Crippen molar-refractivity contribution in [2.45, 2.75) is 13.3 Å². The minimum absolute atomic E-state index is 0.122. The van der Waals surface area contributed by atoms with Crippen molar-refractivity contribution in [2.24, 2.45) is 0 Å². The summed E-state index contributed by atoms with van der Waals surface area (Å²) in [5, 5.41) is 11.8. The van der Waals surface area contributed by atoms with E-state index in [1.807, 2.05) is 0 Å². The molecule has 0 radical (unpaired) electrons. The number of hydrogen-bond donors (Lipinski definition) is 2. The van der Waals surface area contributed by atoms with Crippen LogP contribution in [0.1, 0.15) is 13.3 Å². The van der Waals surface area contributed by atoms with Crippen molar-refractivity contribution in [3.8, 4) is 5.75 Å². The summed E-state index contributed by atoms with van der Waals surface area (Å²) in [6.45, 7) is 5.44. The van der Waals surface area contributed by atoms with E-state index in [9.17, 15) is 4.79 Å². The zero-order chi connectivity index (χ0) is 10.6. The Bertz CT molecular complexity index is 358. The molecule has 2 N–H and O–H groups in total. The van der Waals surface area contributed by atoms with Crippen molar-refractivity contribution in [1.29, 1.82) is 0 Å². The van der Waals surface area contributed by atoms with Gasteiger partial charge in [0.1, 0.15) is 5.75 Å². The first-order valence-electron chi connectivity index (χ1n) is 4.31. The molecule has 0 saturated heterocycles. The van der Waals surface area contributed by atoms with E-state index in [4.69, 9.17) is 5.11 Å². The molecule has 0 aliphatic heterocycles. The molecule has 0 spiro atoms. The molecule has 0 aliphatic rings. The Balaban J connectivity index is 2.60. The maximum absolute atomic E-state index is 11.3. The van der Waals surface area contributed by atoms with Crippen molar-refractivity contribution in [1.82, 2.24) is 0 Å². The highest BCUT2D eigenvalue weighted by Gasteiger charge is 2.02. The average molecular weight is 191 g/mol. The van der Waals surface area contributed by atoms with E-state index in [-0.39, 0.29) is 11.7 Å². The second-order valence-corrected chi connectivity index (χ2v) is 3.23. The summed E-state index contributed by atoms with van der Waals surface area (Å²) >= 11 is 0.